The van der Waals surface area contributed by atoms with E-state index in [4.69, 9.17) is 4.55 Å². The summed E-state index contributed by atoms with van der Waals surface area (Å²) in [7, 11) is 0. The summed E-state index contributed by atoms with van der Waals surface area (Å²) < 4.78 is 19.7. The topological polar surface area (TPSA) is 37.3 Å². The van der Waals surface area contributed by atoms with Crippen LogP contribution in [-0.2, 0) is 11.1 Å². The lowest BCUT2D eigenvalue weighted by molar-refractivity contribution is 0.574. The monoisotopic (exact) mass is 246 g/mol. The summed E-state index contributed by atoms with van der Waals surface area (Å²) in [5.74, 6) is 0. The zero-order valence-electron chi connectivity index (χ0n) is 6.11. The molecule has 0 spiro atoms. The van der Waals surface area contributed by atoms with Crippen LogP contribution in [0.15, 0.2) is 34.1 Å². The van der Waals surface area contributed by atoms with E-state index in [-0.39, 0.29) is 0 Å². The van der Waals surface area contributed by atoms with Gasteiger partial charge in [-0.15, -0.1) is 0 Å². The van der Waals surface area contributed by atoms with Crippen molar-refractivity contribution in [3.8, 4) is 0 Å². The van der Waals surface area contributed by atoms with Crippen LogP contribution < -0.4 is 0 Å². The summed E-state index contributed by atoms with van der Waals surface area (Å²) >= 11 is 1.44. The van der Waals surface area contributed by atoms with Crippen molar-refractivity contribution in [2.75, 3.05) is 0 Å². The number of hydrogen-bond acceptors (Lipinski definition) is 1. The van der Waals surface area contributed by atoms with E-state index in [0.717, 1.165) is 10.0 Å². The zero-order valence-corrected chi connectivity index (χ0v) is 8.51. The van der Waals surface area contributed by atoms with Gasteiger partial charge in [-0.3, -0.25) is 0 Å². The SMILES string of the molecule is O=S(O)/C=C/c1ccccc1Br. The first-order valence-electron chi connectivity index (χ1n) is 3.22. The van der Waals surface area contributed by atoms with Crippen LogP contribution in [0.2, 0.25) is 0 Å². The second kappa shape index (κ2) is 4.54. The van der Waals surface area contributed by atoms with Gasteiger partial charge in [-0.2, -0.15) is 0 Å². The van der Waals surface area contributed by atoms with Crippen LogP contribution in [0, 0.1) is 0 Å². The normalized spacial score (nSPS) is 13.5. The third-order valence-electron chi connectivity index (χ3n) is 1.27. The van der Waals surface area contributed by atoms with Gasteiger partial charge in [0.15, 0.2) is 11.1 Å². The van der Waals surface area contributed by atoms with Crippen LogP contribution in [0.1, 0.15) is 5.56 Å². The largest absolute Gasteiger partial charge is 0.303 e. The maximum absolute atomic E-state index is 10.3. The fourth-order valence-corrected chi connectivity index (χ4v) is 1.42. The summed E-state index contributed by atoms with van der Waals surface area (Å²) in [6.45, 7) is 0. The quantitative estimate of drug-likeness (QED) is 0.815. The molecular formula is C8H7BrO2S. The van der Waals surface area contributed by atoms with Gasteiger partial charge < -0.3 is 4.55 Å². The Hall–Kier alpha value is -0.450. The minimum absolute atomic E-state index is 0.889. The molecule has 0 bridgehead atoms. The Bertz CT molecular complexity index is 323. The molecular weight excluding hydrogens is 240 g/mol. The number of benzene rings is 1. The number of rotatable bonds is 2. The minimum atomic E-state index is -1.88. The van der Waals surface area contributed by atoms with Crippen molar-refractivity contribution < 1.29 is 8.76 Å². The number of hydrogen-bond donors (Lipinski definition) is 1. The average molecular weight is 247 g/mol. The first-order valence-corrected chi connectivity index (χ1v) is 5.19. The number of halogens is 1. The highest BCUT2D eigenvalue weighted by Crippen LogP contribution is 2.16. The molecule has 64 valence electrons. The lowest BCUT2D eigenvalue weighted by Crippen LogP contribution is -1.78. The van der Waals surface area contributed by atoms with Crippen LogP contribution in [0.5, 0.6) is 0 Å². The Morgan fingerprint density at radius 1 is 1.42 bits per heavy atom. The van der Waals surface area contributed by atoms with E-state index in [1.165, 1.54) is 5.41 Å². The third-order valence-corrected chi connectivity index (χ3v) is 2.36. The van der Waals surface area contributed by atoms with Crippen LogP contribution in [0.25, 0.3) is 6.08 Å². The molecule has 0 saturated heterocycles. The van der Waals surface area contributed by atoms with Crippen molar-refractivity contribution in [3.63, 3.8) is 0 Å². The molecule has 1 atom stereocenters. The molecule has 0 radical (unpaired) electrons. The summed E-state index contributed by atoms with van der Waals surface area (Å²) in [5, 5.41) is 1.22. The van der Waals surface area contributed by atoms with E-state index in [1.807, 2.05) is 24.3 Å². The molecule has 0 aliphatic rings. The van der Waals surface area contributed by atoms with E-state index >= 15 is 0 Å². The highest BCUT2D eigenvalue weighted by molar-refractivity contribution is 9.10. The van der Waals surface area contributed by atoms with Crippen molar-refractivity contribution in [1.29, 1.82) is 0 Å². The maximum Gasteiger partial charge on any atom is 0.178 e. The van der Waals surface area contributed by atoms with Crippen molar-refractivity contribution in [2.24, 2.45) is 0 Å². The van der Waals surface area contributed by atoms with Crippen LogP contribution in [-0.4, -0.2) is 8.76 Å². The highest BCUT2D eigenvalue weighted by atomic mass is 79.9. The summed E-state index contributed by atoms with van der Waals surface area (Å²) in [5.41, 5.74) is 0.889. The third kappa shape index (κ3) is 2.89. The molecule has 0 fully saturated rings. The summed E-state index contributed by atoms with van der Waals surface area (Å²) in [6, 6.07) is 7.48. The molecule has 0 aliphatic heterocycles. The fourth-order valence-electron chi connectivity index (χ4n) is 0.742. The second-order valence-electron chi connectivity index (χ2n) is 2.10. The van der Waals surface area contributed by atoms with Gasteiger partial charge in [0, 0.05) is 9.88 Å². The van der Waals surface area contributed by atoms with Crippen LogP contribution in [0.4, 0.5) is 0 Å². The average Bonchev–Trinajstić information content (AvgIpc) is 2.03. The van der Waals surface area contributed by atoms with E-state index in [1.54, 1.807) is 6.08 Å². The van der Waals surface area contributed by atoms with Gasteiger partial charge in [0.05, 0.1) is 0 Å². The molecule has 1 aromatic carbocycles. The summed E-state index contributed by atoms with van der Waals surface area (Å²) in [4.78, 5) is 0. The van der Waals surface area contributed by atoms with Gasteiger partial charge in [-0.1, -0.05) is 34.1 Å². The van der Waals surface area contributed by atoms with Crippen LogP contribution in [0.3, 0.4) is 0 Å². The Labute approximate surface area is 81.7 Å². The highest BCUT2D eigenvalue weighted by Gasteiger charge is 1.92. The van der Waals surface area contributed by atoms with E-state index in [0.29, 0.717) is 0 Å². The Kier molecular flexibility index (Phi) is 3.65. The lowest BCUT2D eigenvalue weighted by atomic mass is 10.2. The standard InChI is InChI=1S/C8H7BrO2S/c9-8-4-2-1-3-7(8)5-6-12(10)11/h1-6H,(H,10,11)/b6-5+. The molecule has 1 aromatic rings. The summed E-state index contributed by atoms with van der Waals surface area (Å²) in [6.07, 6.45) is 1.60. The molecule has 0 amide bonds. The van der Waals surface area contributed by atoms with Gasteiger partial charge in [0.2, 0.25) is 0 Å². The Morgan fingerprint density at radius 2 is 2.08 bits per heavy atom. The van der Waals surface area contributed by atoms with E-state index in [2.05, 4.69) is 15.9 Å². The van der Waals surface area contributed by atoms with Crippen molar-refractivity contribution in [3.05, 3.63) is 39.7 Å². The molecule has 2 nitrogen and oxygen atoms in total. The molecule has 0 saturated carbocycles. The first-order chi connectivity index (χ1) is 5.70. The van der Waals surface area contributed by atoms with E-state index in [9.17, 15) is 4.21 Å². The predicted octanol–water partition coefficient (Wildman–Crippen LogP) is 2.64. The molecule has 1 rings (SSSR count). The van der Waals surface area contributed by atoms with Gasteiger partial charge in [0.25, 0.3) is 0 Å². The smallest absolute Gasteiger partial charge is 0.178 e. The maximum atomic E-state index is 10.3. The van der Waals surface area contributed by atoms with Gasteiger partial charge in [-0.05, 0) is 17.7 Å². The molecule has 0 aromatic heterocycles. The molecule has 0 aliphatic carbocycles. The molecule has 0 heterocycles. The van der Waals surface area contributed by atoms with Gasteiger partial charge >= 0.3 is 0 Å². The lowest BCUT2D eigenvalue weighted by Gasteiger charge is -1.94. The fraction of sp³-hybridized carbons (Fsp3) is 0. The Balaban J connectivity index is 2.89. The molecule has 12 heavy (non-hydrogen) atoms. The van der Waals surface area contributed by atoms with E-state index < -0.39 is 11.1 Å². The molecule has 1 N–H and O–H groups in total. The Morgan fingerprint density at radius 3 is 2.67 bits per heavy atom. The van der Waals surface area contributed by atoms with Gasteiger partial charge in [-0.25, -0.2) is 4.21 Å². The second-order valence-corrected chi connectivity index (χ2v) is 3.78. The zero-order chi connectivity index (χ0) is 8.97. The van der Waals surface area contributed by atoms with Crippen molar-refractivity contribution >= 4 is 33.1 Å². The van der Waals surface area contributed by atoms with Crippen molar-refractivity contribution in [1.82, 2.24) is 0 Å². The van der Waals surface area contributed by atoms with Gasteiger partial charge in [0.1, 0.15) is 0 Å². The van der Waals surface area contributed by atoms with Crippen molar-refractivity contribution in [2.45, 2.75) is 0 Å². The van der Waals surface area contributed by atoms with Crippen LogP contribution >= 0.6 is 15.9 Å². The molecule has 1 unspecified atom stereocenters. The first kappa shape index (κ1) is 9.64. The molecule has 4 heteroatoms. The predicted molar refractivity (Wildman–Crippen MR) is 53.9 cm³/mol. The minimum Gasteiger partial charge on any atom is -0.303 e.